The summed E-state index contributed by atoms with van der Waals surface area (Å²) in [5.74, 6) is 0. The fourth-order valence-corrected chi connectivity index (χ4v) is 3.48. The molecule has 1 aromatic heterocycles. The third-order valence-corrected chi connectivity index (χ3v) is 4.46. The molecule has 0 saturated carbocycles. The molecule has 3 heterocycles. The second-order valence-electron chi connectivity index (χ2n) is 4.53. The van der Waals surface area contributed by atoms with Crippen LogP contribution in [-0.2, 0) is 0 Å². The quantitative estimate of drug-likeness (QED) is 0.762. The maximum absolute atomic E-state index is 4.10. The molecule has 0 aliphatic carbocycles. The topological polar surface area (TPSA) is 16.1 Å². The van der Waals surface area contributed by atoms with Gasteiger partial charge in [-0.15, -0.1) is 11.3 Å². The lowest BCUT2D eigenvalue weighted by Gasteiger charge is -2.28. The highest BCUT2D eigenvalue weighted by Gasteiger charge is 2.41. The van der Waals surface area contributed by atoms with Crippen molar-refractivity contribution in [1.29, 1.82) is 0 Å². The molecule has 0 unspecified atom stereocenters. The molecule has 2 aliphatic rings. The number of thiazole rings is 1. The van der Waals surface area contributed by atoms with Gasteiger partial charge in [0.15, 0.2) is 0 Å². The third-order valence-electron chi connectivity index (χ3n) is 3.71. The van der Waals surface area contributed by atoms with Gasteiger partial charge in [0, 0.05) is 16.6 Å². The Balaban J connectivity index is 1.81. The Labute approximate surface area is 94.6 Å². The number of nitrogens with zero attached hydrogens (tertiary/aromatic N) is 2. The zero-order valence-electron chi connectivity index (χ0n) is 8.85. The summed E-state index contributed by atoms with van der Waals surface area (Å²) in [7, 11) is 0. The van der Waals surface area contributed by atoms with Crippen LogP contribution >= 0.6 is 11.3 Å². The van der Waals surface area contributed by atoms with Gasteiger partial charge in [-0.1, -0.05) is 6.08 Å². The molecule has 0 aromatic carbocycles. The van der Waals surface area contributed by atoms with Gasteiger partial charge in [-0.25, -0.2) is 0 Å². The third kappa shape index (κ3) is 1.64. The highest BCUT2D eigenvalue weighted by molar-refractivity contribution is 7.10. The first-order chi connectivity index (χ1) is 7.39. The summed E-state index contributed by atoms with van der Waals surface area (Å²) in [5.41, 5.74) is 2.31. The Morgan fingerprint density at radius 1 is 1.33 bits per heavy atom. The molecule has 0 radical (unpaired) electrons. The molecule has 2 saturated heterocycles. The summed E-state index contributed by atoms with van der Waals surface area (Å²) in [6.45, 7) is 2.60. The van der Waals surface area contributed by atoms with Crippen molar-refractivity contribution in [2.45, 2.75) is 31.2 Å². The van der Waals surface area contributed by atoms with E-state index in [4.69, 9.17) is 0 Å². The molecule has 3 rings (SSSR count). The number of aromatic nitrogens is 1. The number of hydrogen-bond donors (Lipinski definition) is 0. The first-order valence-electron chi connectivity index (χ1n) is 5.72. The van der Waals surface area contributed by atoms with Crippen molar-refractivity contribution in [2.75, 3.05) is 13.1 Å². The average Bonchev–Trinajstić information content (AvgIpc) is 2.91. The van der Waals surface area contributed by atoms with Crippen LogP contribution in [0.25, 0.3) is 6.08 Å². The van der Waals surface area contributed by atoms with Crippen molar-refractivity contribution in [3.05, 3.63) is 22.7 Å². The predicted octanol–water partition coefficient (Wildman–Crippen LogP) is 2.78. The zero-order chi connectivity index (χ0) is 10.1. The van der Waals surface area contributed by atoms with Crippen molar-refractivity contribution in [3.63, 3.8) is 0 Å². The molecule has 2 fully saturated rings. The standard InChI is InChI=1S/C12H16N2S/c1-4-12(5-2-8-14(12)7-1)6-3-11-9-13-10-15-11/h3,6,9-10H,1-2,4-5,7-8H2/b6-3+. The van der Waals surface area contributed by atoms with Gasteiger partial charge in [0.1, 0.15) is 0 Å². The summed E-state index contributed by atoms with van der Waals surface area (Å²) in [5, 5.41) is 0. The van der Waals surface area contributed by atoms with E-state index in [2.05, 4.69) is 22.0 Å². The van der Waals surface area contributed by atoms with Crippen LogP contribution in [0.15, 0.2) is 17.8 Å². The van der Waals surface area contributed by atoms with Crippen molar-refractivity contribution < 1.29 is 0 Å². The van der Waals surface area contributed by atoms with Gasteiger partial charge in [-0.05, 0) is 44.8 Å². The molecule has 0 spiro atoms. The molecule has 1 aromatic rings. The largest absolute Gasteiger partial charge is 0.294 e. The van der Waals surface area contributed by atoms with Gasteiger partial charge in [0.25, 0.3) is 0 Å². The molecule has 3 heteroatoms. The van der Waals surface area contributed by atoms with E-state index < -0.39 is 0 Å². The van der Waals surface area contributed by atoms with Crippen molar-refractivity contribution in [3.8, 4) is 0 Å². The van der Waals surface area contributed by atoms with Gasteiger partial charge in [-0.3, -0.25) is 9.88 Å². The average molecular weight is 220 g/mol. The van der Waals surface area contributed by atoms with E-state index in [1.54, 1.807) is 11.3 Å². The van der Waals surface area contributed by atoms with E-state index in [1.165, 1.54) is 43.6 Å². The van der Waals surface area contributed by atoms with Crippen LogP contribution in [0, 0.1) is 0 Å². The Morgan fingerprint density at radius 3 is 2.80 bits per heavy atom. The van der Waals surface area contributed by atoms with Gasteiger partial charge in [0.05, 0.1) is 5.51 Å². The van der Waals surface area contributed by atoms with Crippen LogP contribution in [0.4, 0.5) is 0 Å². The lowest BCUT2D eigenvalue weighted by Crippen LogP contribution is -2.35. The molecule has 15 heavy (non-hydrogen) atoms. The lowest BCUT2D eigenvalue weighted by atomic mass is 9.93. The Bertz CT molecular complexity index is 346. The second-order valence-corrected chi connectivity index (χ2v) is 5.45. The van der Waals surface area contributed by atoms with Crippen LogP contribution < -0.4 is 0 Å². The number of rotatable bonds is 2. The Kier molecular flexibility index (Phi) is 2.37. The van der Waals surface area contributed by atoms with Crippen LogP contribution in [0.1, 0.15) is 30.6 Å². The van der Waals surface area contributed by atoms with Crippen molar-refractivity contribution in [1.82, 2.24) is 9.88 Å². The zero-order valence-corrected chi connectivity index (χ0v) is 9.67. The van der Waals surface area contributed by atoms with Gasteiger partial charge < -0.3 is 0 Å². The molecule has 0 amide bonds. The molecule has 0 N–H and O–H groups in total. The highest BCUT2D eigenvalue weighted by Crippen LogP contribution is 2.40. The monoisotopic (exact) mass is 220 g/mol. The molecular weight excluding hydrogens is 204 g/mol. The molecular formula is C12H16N2S. The minimum Gasteiger partial charge on any atom is -0.294 e. The van der Waals surface area contributed by atoms with E-state index in [-0.39, 0.29) is 0 Å². The molecule has 2 nitrogen and oxygen atoms in total. The van der Waals surface area contributed by atoms with E-state index >= 15 is 0 Å². The van der Waals surface area contributed by atoms with Crippen LogP contribution in [-0.4, -0.2) is 28.5 Å². The fourth-order valence-electron chi connectivity index (χ4n) is 2.97. The second kappa shape index (κ2) is 3.72. The highest BCUT2D eigenvalue weighted by atomic mass is 32.1. The predicted molar refractivity (Wildman–Crippen MR) is 63.9 cm³/mol. The van der Waals surface area contributed by atoms with E-state index in [1.807, 2.05) is 11.7 Å². The van der Waals surface area contributed by atoms with E-state index in [9.17, 15) is 0 Å². The van der Waals surface area contributed by atoms with Gasteiger partial charge >= 0.3 is 0 Å². The Hall–Kier alpha value is -0.670. The first-order valence-corrected chi connectivity index (χ1v) is 6.60. The first kappa shape index (κ1) is 9.55. The van der Waals surface area contributed by atoms with Crippen LogP contribution in [0.5, 0.6) is 0 Å². The maximum Gasteiger partial charge on any atom is 0.0797 e. The van der Waals surface area contributed by atoms with Crippen LogP contribution in [0.2, 0.25) is 0 Å². The normalized spacial score (nSPS) is 25.1. The van der Waals surface area contributed by atoms with Crippen LogP contribution in [0.3, 0.4) is 0 Å². The van der Waals surface area contributed by atoms with Crippen molar-refractivity contribution in [2.24, 2.45) is 0 Å². The molecule has 0 atom stereocenters. The SMILES string of the molecule is C(=C\C12CCCN1CCC2)/c1cncs1. The molecule has 0 bridgehead atoms. The minimum atomic E-state index is 0.407. The summed E-state index contributed by atoms with van der Waals surface area (Å²) >= 11 is 1.72. The molecule has 80 valence electrons. The minimum absolute atomic E-state index is 0.407. The van der Waals surface area contributed by atoms with Crippen molar-refractivity contribution >= 4 is 17.4 Å². The summed E-state index contributed by atoms with van der Waals surface area (Å²) in [6, 6.07) is 0. The van der Waals surface area contributed by atoms with Gasteiger partial charge in [0.2, 0.25) is 0 Å². The van der Waals surface area contributed by atoms with E-state index in [0.29, 0.717) is 5.54 Å². The number of fused-ring (bicyclic) bond motifs is 1. The Morgan fingerprint density at radius 2 is 2.13 bits per heavy atom. The maximum atomic E-state index is 4.10. The fraction of sp³-hybridized carbons (Fsp3) is 0.583. The number of hydrogen-bond acceptors (Lipinski definition) is 3. The summed E-state index contributed by atoms with van der Waals surface area (Å²) < 4.78 is 0. The smallest absolute Gasteiger partial charge is 0.0797 e. The van der Waals surface area contributed by atoms with E-state index in [0.717, 1.165) is 0 Å². The molecule has 2 aliphatic heterocycles. The lowest BCUT2D eigenvalue weighted by molar-refractivity contribution is 0.251. The summed E-state index contributed by atoms with van der Waals surface area (Å²) in [4.78, 5) is 8.04. The van der Waals surface area contributed by atoms with Gasteiger partial charge in [-0.2, -0.15) is 0 Å². The summed E-state index contributed by atoms with van der Waals surface area (Å²) in [6.07, 6.45) is 12.1.